The van der Waals surface area contributed by atoms with Crippen LogP contribution in [0.3, 0.4) is 0 Å². The van der Waals surface area contributed by atoms with Gasteiger partial charge in [-0.15, -0.1) is 23.7 Å². The number of thiophene rings is 1. The molecular weight excluding hydrogens is 202 g/mol. The summed E-state index contributed by atoms with van der Waals surface area (Å²) in [4.78, 5) is 2.84. The highest BCUT2D eigenvalue weighted by Gasteiger charge is 2.30. The second-order valence-electron chi connectivity index (χ2n) is 3.52. The molecule has 1 heterocycles. The van der Waals surface area contributed by atoms with Crippen LogP contribution in [0.25, 0.3) is 0 Å². The van der Waals surface area contributed by atoms with Crippen molar-refractivity contribution in [3.63, 3.8) is 0 Å². The van der Waals surface area contributed by atoms with Gasteiger partial charge in [-0.2, -0.15) is 0 Å². The molecule has 1 fully saturated rings. The average molecular weight is 218 g/mol. The largest absolute Gasteiger partial charge is 0.323 e. The summed E-state index contributed by atoms with van der Waals surface area (Å²) in [5.74, 6) is 0.786. The predicted molar refractivity (Wildman–Crippen MR) is 60.6 cm³/mol. The third-order valence-corrected chi connectivity index (χ3v) is 3.82. The van der Waals surface area contributed by atoms with Crippen molar-refractivity contribution in [3.05, 3.63) is 21.9 Å². The summed E-state index contributed by atoms with van der Waals surface area (Å²) in [5, 5.41) is 0. The first-order chi connectivity index (χ1) is 5.81. The highest BCUT2D eigenvalue weighted by Crippen LogP contribution is 2.41. The number of halogens is 1. The van der Waals surface area contributed by atoms with E-state index in [1.54, 1.807) is 0 Å². The predicted octanol–water partition coefficient (Wildman–Crippen LogP) is 3.14. The number of aryl methyl sites for hydroxylation is 1. The molecule has 1 atom stereocenters. The molecule has 0 saturated heterocycles. The molecule has 1 nitrogen and oxygen atoms in total. The second kappa shape index (κ2) is 4.45. The topological polar surface area (TPSA) is 26.0 Å². The van der Waals surface area contributed by atoms with Gasteiger partial charge in [-0.3, -0.25) is 0 Å². The SMILES string of the molecule is CCc1ccc([C@H](N)C2CC2)s1.Cl. The van der Waals surface area contributed by atoms with Gasteiger partial charge in [0.2, 0.25) is 0 Å². The van der Waals surface area contributed by atoms with Crippen molar-refractivity contribution in [2.45, 2.75) is 32.2 Å². The highest BCUT2D eigenvalue weighted by molar-refractivity contribution is 7.12. The zero-order valence-electron chi connectivity index (χ0n) is 7.82. The quantitative estimate of drug-likeness (QED) is 0.827. The van der Waals surface area contributed by atoms with Crippen LogP contribution in [0.4, 0.5) is 0 Å². The van der Waals surface area contributed by atoms with E-state index >= 15 is 0 Å². The lowest BCUT2D eigenvalue weighted by Crippen LogP contribution is -2.10. The van der Waals surface area contributed by atoms with Crippen molar-refractivity contribution < 1.29 is 0 Å². The van der Waals surface area contributed by atoms with Crippen molar-refractivity contribution in [2.24, 2.45) is 11.7 Å². The fourth-order valence-electron chi connectivity index (χ4n) is 1.45. The normalized spacial score (nSPS) is 18.0. The molecule has 1 aliphatic rings. The van der Waals surface area contributed by atoms with Crippen molar-refractivity contribution in [1.29, 1.82) is 0 Å². The van der Waals surface area contributed by atoms with Crippen LogP contribution in [0.5, 0.6) is 0 Å². The monoisotopic (exact) mass is 217 g/mol. The summed E-state index contributed by atoms with van der Waals surface area (Å²) in [5.41, 5.74) is 6.08. The number of hydrogen-bond acceptors (Lipinski definition) is 2. The molecule has 13 heavy (non-hydrogen) atoms. The fourth-order valence-corrected chi connectivity index (χ4v) is 2.50. The lowest BCUT2D eigenvalue weighted by atomic mass is 10.2. The van der Waals surface area contributed by atoms with Crippen LogP contribution in [0.1, 0.15) is 35.6 Å². The maximum absolute atomic E-state index is 6.08. The zero-order valence-corrected chi connectivity index (χ0v) is 9.46. The molecule has 1 saturated carbocycles. The summed E-state index contributed by atoms with van der Waals surface area (Å²) in [6.45, 7) is 2.19. The first-order valence-corrected chi connectivity index (χ1v) is 5.47. The lowest BCUT2D eigenvalue weighted by molar-refractivity contribution is 0.645. The van der Waals surface area contributed by atoms with Crippen LogP contribution in [-0.4, -0.2) is 0 Å². The van der Waals surface area contributed by atoms with E-state index in [-0.39, 0.29) is 12.4 Å². The minimum Gasteiger partial charge on any atom is -0.323 e. The van der Waals surface area contributed by atoms with Gasteiger partial charge in [0.05, 0.1) is 0 Å². The Kier molecular flexibility index (Phi) is 3.77. The van der Waals surface area contributed by atoms with Crippen LogP contribution in [-0.2, 0) is 6.42 Å². The van der Waals surface area contributed by atoms with Gasteiger partial charge in [0, 0.05) is 15.8 Å². The molecule has 1 aromatic heterocycles. The second-order valence-corrected chi connectivity index (χ2v) is 4.72. The molecule has 2 rings (SSSR count). The smallest absolute Gasteiger partial charge is 0.0418 e. The van der Waals surface area contributed by atoms with Gasteiger partial charge in [-0.05, 0) is 37.3 Å². The molecule has 1 aromatic rings. The zero-order chi connectivity index (χ0) is 8.55. The van der Waals surface area contributed by atoms with Crippen molar-refractivity contribution in [1.82, 2.24) is 0 Å². The van der Waals surface area contributed by atoms with Gasteiger partial charge >= 0.3 is 0 Å². The van der Waals surface area contributed by atoms with E-state index in [1.165, 1.54) is 22.6 Å². The third kappa shape index (κ3) is 2.46. The first-order valence-electron chi connectivity index (χ1n) is 4.65. The maximum Gasteiger partial charge on any atom is 0.0418 e. The molecular formula is C10H16ClNS. The van der Waals surface area contributed by atoms with Crippen LogP contribution < -0.4 is 5.73 Å². The van der Waals surface area contributed by atoms with E-state index in [0.717, 1.165) is 12.3 Å². The molecule has 0 aromatic carbocycles. The Morgan fingerprint density at radius 3 is 2.69 bits per heavy atom. The Bertz CT molecular complexity index is 268. The minimum atomic E-state index is 0. The van der Waals surface area contributed by atoms with Crippen LogP contribution in [0, 0.1) is 5.92 Å². The first kappa shape index (κ1) is 11.0. The molecule has 0 spiro atoms. The summed E-state index contributed by atoms with van der Waals surface area (Å²) in [6.07, 6.45) is 3.81. The molecule has 0 radical (unpaired) electrons. The average Bonchev–Trinajstić information content (AvgIpc) is 2.82. The molecule has 0 unspecified atom stereocenters. The number of hydrogen-bond donors (Lipinski definition) is 1. The number of nitrogens with two attached hydrogens (primary N) is 1. The molecule has 1 aliphatic carbocycles. The third-order valence-electron chi connectivity index (χ3n) is 2.49. The molecule has 0 bridgehead atoms. The Labute approximate surface area is 89.7 Å². The fraction of sp³-hybridized carbons (Fsp3) is 0.600. The minimum absolute atomic E-state index is 0. The highest BCUT2D eigenvalue weighted by atomic mass is 35.5. The molecule has 3 heteroatoms. The van der Waals surface area contributed by atoms with Gasteiger partial charge < -0.3 is 5.73 Å². The van der Waals surface area contributed by atoms with Gasteiger partial charge in [0.1, 0.15) is 0 Å². The molecule has 2 N–H and O–H groups in total. The summed E-state index contributed by atoms with van der Waals surface area (Å²) >= 11 is 1.88. The van der Waals surface area contributed by atoms with Gasteiger partial charge in [-0.25, -0.2) is 0 Å². The summed E-state index contributed by atoms with van der Waals surface area (Å²) < 4.78 is 0. The van der Waals surface area contributed by atoms with Gasteiger partial charge in [0.15, 0.2) is 0 Å². The number of rotatable bonds is 3. The molecule has 0 aliphatic heterocycles. The van der Waals surface area contributed by atoms with E-state index in [4.69, 9.17) is 5.73 Å². The van der Waals surface area contributed by atoms with Crippen molar-refractivity contribution >= 4 is 23.7 Å². The Balaban J connectivity index is 0.000000845. The van der Waals surface area contributed by atoms with E-state index in [1.807, 2.05) is 11.3 Å². The Morgan fingerprint density at radius 1 is 1.54 bits per heavy atom. The van der Waals surface area contributed by atoms with Crippen molar-refractivity contribution in [2.75, 3.05) is 0 Å². The summed E-state index contributed by atoms with van der Waals surface area (Å²) in [6, 6.07) is 4.74. The summed E-state index contributed by atoms with van der Waals surface area (Å²) in [7, 11) is 0. The van der Waals surface area contributed by atoms with Crippen LogP contribution in [0.2, 0.25) is 0 Å². The van der Waals surface area contributed by atoms with Gasteiger partial charge in [0.25, 0.3) is 0 Å². The Hall–Kier alpha value is -0.0500. The molecule has 74 valence electrons. The lowest BCUT2D eigenvalue weighted by Gasteiger charge is -2.05. The molecule has 0 amide bonds. The van der Waals surface area contributed by atoms with Crippen molar-refractivity contribution in [3.8, 4) is 0 Å². The van der Waals surface area contributed by atoms with Gasteiger partial charge in [-0.1, -0.05) is 6.92 Å². The van der Waals surface area contributed by atoms with Crippen LogP contribution >= 0.6 is 23.7 Å². The maximum atomic E-state index is 6.08. The van der Waals surface area contributed by atoms with E-state index < -0.39 is 0 Å². The standard InChI is InChI=1S/C10H15NS.ClH/c1-2-8-5-6-9(12-8)10(11)7-3-4-7;/h5-7,10H,2-4,11H2,1H3;1H/t10-;/m1./s1. The van der Waals surface area contributed by atoms with Crippen LogP contribution in [0.15, 0.2) is 12.1 Å². The van der Waals surface area contributed by atoms with E-state index in [2.05, 4.69) is 19.1 Å². The van der Waals surface area contributed by atoms with E-state index in [9.17, 15) is 0 Å². The van der Waals surface area contributed by atoms with E-state index in [0.29, 0.717) is 6.04 Å². The Morgan fingerprint density at radius 2 is 2.23 bits per heavy atom.